The molecule has 0 aliphatic heterocycles. The van der Waals surface area contributed by atoms with Crippen molar-refractivity contribution in [2.45, 2.75) is 6.92 Å². The molecule has 116 valence electrons. The van der Waals surface area contributed by atoms with Gasteiger partial charge in [-0.2, -0.15) is 10.2 Å². The van der Waals surface area contributed by atoms with Gasteiger partial charge in [-0.05, 0) is 35.7 Å². The van der Waals surface area contributed by atoms with Gasteiger partial charge in [0.15, 0.2) is 5.82 Å². The third-order valence-corrected chi connectivity index (χ3v) is 4.13. The van der Waals surface area contributed by atoms with Gasteiger partial charge in [-0.15, -0.1) is 0 Å². The highest BCUT2D eigenvalue weighted by molar-refractivity contribution is 6.02. The van der Waals surface area contributed by atoms with Crippen LogP contribution >= 0.6 is 0 Å². The summed E-state index contributed by atoms with van der Waals surface area (Å²) in [5, 5.41) is 15.0. The number of aromatic nitrogens is 4. The molecule has 0 unspecified atom stereocenters. The zero-order valence-electron chi connectivity index (χ0n) is 12.7. The van der Waals surface area contributed by atoms with Crippen LogP contribution < -0.4 is 11.1 Å². The lowest BCUT2D eigenvalue weighted by Crippen LogP contribution is -1.99. The van der Waals surface area contributed by atoms with Gasteiger partial charge in [0.1, 0.15) is 5.82 Å². The summed E-state index contributed by atoms with van der Waals surface area (Å²) in [6.45, 7) is 1.73. The van der Waals surface area contributed by atoms with Crippen LogP contribution in [0.4, 0.5) is 15.9 Å². The molecule has 0 saturated heterocycles. The molecule has 4 N–H and O–H groups in total. The summed E-state index contributed by atoms with van der Waals surface area (Å²) >= 11 is 0. The first-order valence-corrected chi connectivity index (χ1v) is 7.18. The minimum absolute atomic E-state index is 0.0988. The van der Waals surface area contributed by atoms with Crippen molar-refractivity contribution in [1.82, 2.24) is 19.8 Å². The van der Waals surface area contributed by atoms with Gasteiger partial charge in [0.2, 0.25) is 0 Å². The summed E-state index contributed by atoms with van der Waals surface area (Å²) in [5.74, 6) is 0.358. The summed E-state index contributed by atoms with van der Waals surface area (Å²) < 4.78 is 16.2. The number of fused-ring (bicyclic) bond motifs is 2. The Morgan fingerprint density at radius 3 is 2.96 bits per heavy atom. The number of hydrogen-bond donors (Lipinski definition) is 3. The Morgan fingerprint density at radius 1 is 1.35 bits per heavy atom. The molecule has 0 aliphatic carbocycles. The van der Waals surface area contributed by atoms with Crippen molar-refractivity contribution in [3.05, 3.63) is 42.0 Å². The molecule has 0 spiro atoms. The molecule has 1 aromatic carbocycles. The number of nitrogen functional groups attached to an aromatic ring is 1. The van der Waals surface area contributed by atoms with E-state index in [1.165, 1.54) is 0 Å². The standard InChI is InChI=1S/C16H15FN6/c1-8-13(11-7-20-21-16(11)15(18)14(8)17)9-3-4-23-10(5-9)6-12(19-2)22-23/h3-7H,18H2,1-2H3,(H,19,22)(H,20,21). The van der Waals surface area contributed by atoms with Crippen LogP contribution in [0.25, 0.3) is 27.5 Å². The summed E-state index contributed by atoms with van der Waals surface area (Å²) in [4.78, 5) is 0. The molecule has 7 heteroatoms. The van der Waals surface area contributed by atoms with Crippen molar-refractivity contribution < 1.29 is 4.39 Å². The Labute approximate surface area is 131 Å². The quantitative estimate of drug-likeness (QED) is 0.497. The molecule has 6 nitrogen and oxygen atoms in total. The molecule has 0 aliphatic rings. The largest absolute Gasteiger partial charge is 0.395 e. The molecule has 0 fully saturated rings. The fourth-order valence-electron chi connectivity index (χ4n) is 2.95. The van der Waals surface area contributed by atoms with Crippen molar-refractivity contribution in [3.63, 3.8) is 0 Å². The predicted molar refractivity (Wildman–Crippen MR) is 88.9 cm³/mol. The number of H-pyrrole nitrogens is 1. The molecular formula is C16H15FN6. The second-order valence-corrected chi connectivity index (χ2v) is 5.45. The van der Waals surface area contributed by atoms with E-state index in [1.54, 1.807) is 17.6 Å². The highest BCUT2D eigenvalue weighted by Crippen LogP contribution is 2.37. The van der Waals surface area contributed by atoms with Crippen LogP contribution in [-0.2, 0) is 0 Å². The fraction of sp³-hybridized carbons (Fsp3) is 0.125. The molecule has 4 rings (SSSR count). The second kappa shape index (κ2) is 4.70. The molecular weight excluding hydrogens is 295 g/mol. The highest BCUT2D eigenvalue weighted by Gasteiger charge is 2.18. The van der Waals surface area contributed by atoms with Crippen LogP contribution in [0.2, 0.25) is 0 Å². The number of aromatic amines is 1. The highest BCUT2D eigenvalue weighted by atomic mass is 19.1. The summed E-state index contributed by atoms with van der Waals surface area (Å²) in [7, 11) is 1.82. The lowest BCUT2D eigenvalue weighted by molar-refractivity contribution is 0.625. The van der Waals surface area contributed by atoms with Gasteiger partial charge in [0.25, 0.3) is 0 Å². The fourth-order valence-corrected chi connectivity index (χ4v) is 2.95. The first kappa shape index (κ1) is 13.6. The number of nitrogens with two attached hydrogens (primary N) is 1. The Kier molecular flexibility index (Phi) is 2.77. The average molecular weight is 310 g/mol. The Balaban J connectivity index is 2.03. The van der Waals surface area contributed by atoms with Crippen LogP contribution in [0.5, 0.6) is 0 Å². The number of benzene rings is 1. The van der Waals surface area contributed by atoms with Crippen LogP contribution in [0.15, 0.2) is 30.6 Å². The van der Waals surface area contributed by atoms with E-state index < -0.39 is 5.82 Å². The third kappa shape index (κ3) is 1.86. The van der Waals surface area contributed by atoms with Crippen molar-refractivity contribution in [3.8, 4) is 11.1 Å². The normalized spacial score (nSPS) is 11.4. The first-order chi connectivity index (χ1) is 11.1. The minimum atomic E-state index is -0.416. The van der Waals surface area contributed by atoms with Gasteiger partial charge >= 0.3 is 0 Å². The number of anilines is 2. The van der Waals surface area contributed by atoms with Crippen LogP contribution in [0.3, 0.4) is 0 Å². The molecule has 3 heterocycles. The molecule has 0 atom stereocenters. The topological polar surface area (TPSA) is 84.0 Å². The molecule has 0 radical (unpaired) electrons. The Hall–Kier alpha value is -3.09. The van der Waals surface area contributed by atoms with E-state index in [0.29, 0.717) is 11.1 Å². The van der Waals surface area contributed by atoms with Gasteiger partial charge in [0, 0.05) is 24.7 Å². The van der Waals surface area contributed by atoms with Gasteiger partial charge in [-0.3, -0.25) is 5.10 Å². The van der Waals surface area contributed by atoms with E-state index >= 15 is 0 Å². The lowest BCUT2D eigenvalue weighted by Gasteiger charge is -2.11. The van der Waals surface area contributed by atoms with E-state index in [0.717, 1.165) is 27.8 Å². The van der Waals surface area contributed by atoms with Crippen LogP contribution in [0, 0.1) is 12.7 Å². The van der Waals surface area contributed by atoms with Crippen molar-refractivity contribution in [2.24, 2.45) is 0 Å². The van der Waals surface area contributed by atoms with E-state index in [-0.39, 0.29) is 5.69 Å². The maximum Gasteiger partial charge on any atom is 0.151 e. The molecule has 4 aromatic rings. The number of nitrogens with one attached hydrogen (secondary N) is 2. The number of rotatable bonds is 2. The maximum atomic E-state index is 14.5. The SMILES string of the molecule is CNc1cc2cc(-c3c(C)c(F)c(N)c4[nH]ncc34)ccn2n1. The van der Waals surface area contributed by atoms with Crippen LogP contribution in [0.1, 0.15) is 5.56 Å². The van der Waals surface area contributed by atoms with Crippen molar-refractivity contribution >= 4 is 27.9 Å². The number of pyridine rings is 1. The van der Waals surface area contributed by atoms with E-state index in [1.807, 2.05) is 31.4 Å². The molecule has 23 heavy (non-hydrogen) atoms. The zero-order chi connectivity index (χ0) is 16.1. The summed E-state index contributed by atoms with van der Waals surface area (Å²) in [6, 6.07) is 5.81. The predicted octanol–water partition coefficient (Wildman–Crippen LogP) is 2.95. The maximum absolute atomic E-state index is 14.5. The summed E-state index contributed by atoms with van der Waals surface area (Å²) in [5.41, 5.74) is 9.58. The van der Waals surface area contributed by atoms with Gasteiger partial charge in [0.05, 0.1) is 22.9 Å². The smallest absolute Gasteiger partial charge is 0.151 e. The average Bonchev–Trinajstić information content (AvgIpc) is 3.18. The summed E-state index contributed by atoms with van der Waals surface area (Å²) in [6.07, 6.45) is 3.53. The van der Waals surface area contributed by atoms with Crippen molar-refractivity contribution in [1.29, 1.82) is 0 Å². The second-order valence-electron chi connectivity index (χ2n) is 5.45. The lowest BCUT2D eigenvalue weighted by atomic mass is 9.96. The number of hydrogen-bond acceptors (Lipinski definition) is 4. The molecule has 3 aromatic heterocycles. The number of nitrogens with zero attached hydrogens (tertiary/aromatic N) is 3. The van der Waals surface area contributed by atoms with E-state index in [4.69, 9.17) is 5.73 Å². The molecule has 0 saturated carbocycles. The zero-order valence-corrected chi connectivity index (χ0v) is 12.7. The van der Waals surface area contributed by atoms with Crippen LogP contribution in [-0.4, -0.2) is 26.9 Å². The van der Waals surface area contributed by atoms with Gasteiger partial charge in [-0.1, -0.05) is 0 Å². The first-order valence-electron chi connectivity index (χ1n) is 7.18. The monoisotopic (exact) mass is 310 g/mol. The number of halogens is 1. The van der Waals surface area contributed by atoms with E-state index in [2.05, 4.69) is 20.6 Å². The molecule has 0 bridgehead atoms. The van der Waals surface area contributed by atoms with Gasteiger partial charge < -0.3 is 11.1 Å². The van der Waals surface area contributed by atoms with Crippen molar-refractivity contribution in [2.75, 3.05) is 18.1 Å². The Morgan fingerprint density at radius 2 is 2.17 bits per heavy atom. The molecule has 0 amide bonds. The van der Waals surface area contributed by atoms with E-state index in [9.17, 15) is 4.39 Å². The minimum Gasteiger partial charge on any atom is -0.395 e. The Bertz CT molecular complexity index is 1050. The third-order valence-electron chi connectivity index (χ3n) is 4.13. The van der Waals surface area contributed by atoms with Gasteiger partial charge in [-0.25, -0.2) is 8.91 Å².